The number of benzene rings is 2. The maximum absolute atomic E-state index is 12.3. The number of methoxy groups -OCH3 is 1. The van der Waals surface area contributed by atoms with Crippen molar-refractivity contribution < 1.29 is 19.1 Å². The fourth-order valence-electron chi connectivity index (χ4n) is 2.41. The second kappa shape index (κ2) is 7.80. The van der Waals surface area contributed by atoms with Gasteiger partial charge in [0.25, 0.3) is 0 Å². The molecule has 130 valence electrons. The number of oxime groups is 1. The summed E-state index contributed by atoms with van der Waals surface area (Å²) in [7, 11) is 1.59. The van der Waals surface area contributed by atoms with Crippen LogP contribution in [0.2, 0.25) is 5.02 Å². The van der Waals surface area contributed by atoms with Crippen molar-refractivity contribution in [3.05, 3.63) is 52.5 Å². The van der Waals surface area contributed by atoms with Gasteiger partial charge < -0.3 is 14.3 Å². The van der Waals surface area contributed by atoms with Gasteiger partial charge in [-0.1, -0.05) is 16.8 Å². The number of fused-ring (bicyclic) bond motifs is 1. The summed E-state index contributed by atoms with van der Waals surface area (Å²) < 4.78 is 10.8. The van der Waals surface area contributed by atoms with Gasteiger partial charge in [-0.25, -0.2) is 4.79 Å². The van der Waals surface area contributed by atoms with Crippen LogP contribution in [0, 0.1) is 0 Å². The zero-order chi connectivity index (χ0) is 17.8. The summed E-state index contributed by atoms with van der Waals surface area (Å²) in [4.78, 5) is 18.4. The van der Waals surface area contributed by atoms with Crippen LogP contribution in [0.4, 0.5) is 0 Å². The molecule has 0 spiro atoms. The van der Waals surface area contributed by atoms with Gasteiger partial charge in [-0.05, 0) is 36.6 Å². The highest BCUT2D eigenvalue weighted by Crippen LogP contribution is 2.30. The summed E-state index contributed by atoms with van der Waals surface area (Å²) in [5.74, 6) is 0.760. The van der Waals surface area contributed by atoms with Gasteiger partial charge in [0.1, 0.15) is 11.5 Å². The average Bonchev–Trinajstić information content (AvgIpc) is 2.65. The number of rotatable bonds is 4. The van der Waals surface area contributed by atoms with E-state index in [1.807, 2.05) is 24.5 Å². The largest absolute Gasteiger partial charge is 0.497 e. The lowest BCUT2D eigenvalue weighted by atomic mass is 10.0. The lowest BCUT2D eigenvalue weighted by molar-refractivity contribution is 0.0514. The second-order valence-corrected chi connectivity index (χ2v) is 6.51. The first-order valence-corrected chi connectivity index (χ1v) is 9.15. The van der Waals surface area contributed by atoms with Crippen LogP contribution in [0.1, 0.15) is 22.3 Å². The van der Waals surface area contributed by atoms with Crippen LogP contribution < -0.4 is 9.47 Å². The number of hydrogen-bond acceptors (Lipinski definition) is 6. The van der Waals surface area contributed by atoms with Gasteiger partial charge >= 0.3 is 5.97 Å². The summed E-state index contributed by atoms with van der Waals surface area (Å²) in [5, 5.41) is 4.37. The van der Waals surface area contributed by atoms with Crippen LogP contribution in [0.25, 0.3) is 0 Å². The molecule has 0 fully saturated rings. The molecule has 5 nitrogen and oxygen atoms in total. The summed E-state index contributed by atoms with van der Waals surface area (Å²) in [5.41, 5.74) is 1.72. The van der Waals surface area contributed by atoms with Crippen molar-refractivity contribution in [3.63, 3.8) is 0 Å². The maximum atomic E-state index is 12.3. The van der Waals surface area contributed by atoms with E-state index in [1.54, 1.807) is 25.3 Å². The van der Waals surface area contributed by atoms with Gasteiger partial charge in [0.2, 0.25) is 0 Å². The van der Waals surface area contributed by atoms with Crippen LogP contribution in [0.3, 0.4) is 0 Å². The molecule has 2 aromatic rings. The van der Waals surface area contributed by atoms with Gasteiger partial charge in [0.15, 0.2) is 0 Å². The van der Waals surface area contributed by atoms with Gasteiger partial charge in [0.05, 0.1) is 30.0 Å². The summed E-state index contributed by atoms with van der Waals surface area (Å²) >= 11 is 7.61. The third kappa shape index (κ3) is 3.91. The molecule has 1 aliphatic heterocycles. The molecule has 0 aliphatic carbocycles. The minimum absolute atomic E-state index is 0.292. The average molecular weight is 378 g/mol. The molecule has 2 aromatic carbocycles. The molecule has 0 N–H and O–H groups in total. The van der Waals surface area contributed by atoms with Crippen molar-refractivity contribution >= 4 is 35.0 Å². The van der Waals surface area contributed by atoms with Crippen LogP contribution in [-0.2, 0) is 4.84 Å². The molecule has 0 atom stereocenters. The SMILES string of the molecule is COc1ccc2c(c1)OCCC2=NOC(=O)c1cc(SC)ccc1Cl. The lowest BCUT2D eigenvalue weighted by Crippen LogP contribution is -2.17. The number of hydrogen-bond donors (Lipinski definition) is 0. The molecular formula is C18H16ClNO4S. The first-order valence-electron chi connectivity index (χ1n) is 7.55. The van der Waals surface area contributed by atoms with Crippen LogP contribution in [0.5, 0.6) is 11.5 Å². The Kier molecular flexibility index (Phi) is 5.50. The van der Waals surface area contributed by atoms with E-state index in [1.165, 1.54) is 11.8 Å². The molecule has 0 aromatic heterocycles. The Bertz CT molecular complexity index is 838. The molecule has 0 amide bonds. The van der Waals surface area contributed by atoms with Crippen LogP contribution >= 0.6 is 23.4 Å². The minimum Gasteiger partial charge on any atom is -0.497 e. The molecule has 7 heteroatoms. The molecular weight excluding hydrogens is 362 g/mol. The van der Waals surface area contributed by atoms with E-state index in [0.717, 1.165) is 10.5 Å². The number of carbonyl (C=O) groups is 1. The standard InChI is InChI=1S/C18H16ClNO4S/c1-22-11-3-5-13-16(7-8-23-17(13)9-11)20-24-18(21)14-10-12(25-2)4-6-15(14)19/h3-6,9-10H,7-8H2,1-2H3. The first kappa shape index (κ1) is 17.6. The Balaban J connectivity index is 1.82. The Morgan fingerprint density at radius 2 is 2.12 bits per heavy atom. The molecule has 1 aliphatic rings. The topological polar surface area (TPSA) is 57.1 Å². The third-order valence-corrected chi connectivity index (χ3v) is 4.78. The number of thioether (sulfide) groups is 1. The minimum atomic E-state index is -0.588. The summed E-state index contributed by atoms with van der Waals surface area (Å²) in [6.45, 7) is 0.458. The molecule has 0 unspecified atom stereocenters. The Labute approximate surface area is 154 Å². The monoisotopic (exact) mass is 377 g/mol. The number of carbonyl (C=O) groups excluding carboxylic acids is 1. The van der Waals surface area contributed by atoms with E-state index < -0.39 is 5.97 Å². The second-order valence-electron chi connectivity index (χ2n) is 5.22. The Hall–Kier alpha value is -2.18. The predicted molar refractivity (Wildman–Crippen MR) is 98.3 cm³/mol. The fraction of sp³-hybridized carbons (Fsp3) is 0.222. The maximum Gasteiger partial charge on any atom is 0.367 e. The van der Waals surface area contributed by atoms with Crippen molar-refractivity contribution in [1.82, 2.24) is 0 Å². The van der Waals surface area contributed by atoms with E-state index in [2.05, 4.69) is 5.16 Å². The third-order valence-electron chi connectivity index (χ3n) is 3.73. The van der Waals surface area contributed by atoms with E-state index in [0.29, 0.717) is 40.8 Å². The van der Waals surface area contributed by atoms with E-state index in [4.69, 9.17) is 25.9 Å². The molecule has 1 heterocycles. The highest BCUT2D eigenvalue weighted by atomic mass is 35.5. The fourth-order valence-corrected chi connectivity index (χ4v) is 3.04. The smallest absolute Gasteiger partial charge is 0.367 e. The first-order chi connectivity index (χ1) is 12.1. The van der Waals surface area contributed by atoms with E-state index >= 15 is 0 Å². The highest BCUT2D eigenvalue weighted by molar-refractivity contribution is 7.98. The van der Waals surface area contributed by atoms with Gasteiger partial charge in [-0.2, -0.15) is 0 Å². The van der Waals surface area contributed by atoms with Crippen molar-refractivity contribution in [1.29, 1.82) is 0 Å². The van der Waals surface area contributed by atoms with Crippen molar-refractivity contribution in [2.75, 3.05) is 20.0 Å². The van der Waals surface area contributed by atoms with Crippen molar-refractivity contribution in [2.45, 2.75) is 11.3 Å². The molecule has 0 saturated carbocycles. The molecule has 25 heavy (non-hydrogen) atoms. The normalized spacial score (nSPS) is 14.6. The number of nitrogens with zero attached hydrogens (tertiary/aromatic N) is 1. The Morgan fingerprint density at radius 3 is 2.88 bits per heavy atom. The molecule has 0 bridgehead atoms. The van der Waals surface area contributed by atoms with Crippen LogP contribution in [-0.4, -0.2) is 31.7 Å². The molecule has 0 radical (unpaired) electrons. The van der Waals surface area contributed by atoms with Gasteiger partial charge in [-0.3, -0.25) is 0 Å². The zero-order valence-electron chi connectivity index (χ0n) is 13.7. The van der Waals surface area contributed by atoms with Gasteiger partial charge in [-0.15, -0.1) is 11.8 Å². The van der Waals surface area contributed by atoms with Gasteiger partial charge in [0, 0.05) is 22.9 Å². The summed E-state index contributed by atoms with van der Waals surface area (Å²) in [6, 6.07) is 10.6. The number of ether oxygens (including phenoxy) is 2. The predicted octanol–water partition coefficient (Wildman–Crippen LogP) is 4.41. The summed E-state index contributed by atoms with van der Waals surface area (Å²) in [6.07, 6.45) is 2.47. The van der Waals surface area contributed by atoms with E-state index in [9.17, 15) is 4.79 Å². The van der Waals surface area contributed by atoms with Crippen molar-refractivity contribution in [3.8, 4) is 11.5 Å². The number of halogens is 1. The highest BCUT2D eigenvalue weighted by Gasteiger charge is 2.20. The Morgan fingerprint density at radius 1 is 1.28 bits per heavy atom. The molecule has 3 rings (SSSR count). The van der Waals surface area contributed by atoms with Crippen LogP contribution in [0.15, 0.2) is 46.4 Å². The molecule has 0 saturated heterocycles. The quantitative estimate of drug-likeness (QED) is 0.448. The van der Waals surface area contributed by atoms with E-state index in [-0.39, 0.29) is 0 Å². The lowest BCUT2D eigenvalue weighted by Gasteiger charge is -2.19. The zero-order valence-corrected chi connectivity index (χ0v) is 15.3. The van der Waals surface area contributed by atoms with Crippen molar-refractivity contribution in [2.24, 2.45) is 5.16 Å².